The normalized spacial score (nSPS) is 11.2. The van der Waals surface area contributed by atoms with E-state index in [1.54, 1.807) is 0 Å². The Balaban J connectivity index is 0.00000259. The minimum absolute atomic E-state index is 0. The van der Waals surface area contributed by atoms with Gasteiger partial charge in [0.25, 0.3) is 0 Å². The van der Waals surface area contributed by atoms with Crippen LogP contribution in [0.2, 0.25) is 0 Å². The molecule has 2 heteroatoms. The number of aryl methyl sites for hydroxylation is 2. The number of fused-ring (bicyclic) bond motifs is 1. The third-order valence-corrected chi connectivity index (χ3v) is 11.0. The van der Waals surface area contributed by atoms with Gasteiger partial charge in [0.1, 0.15) is 23.2 Å². The van der Waals surface area contributed by atoms with Gasteiger partial charge < -0.3 is 17.0 Å². The highest BCUT2D eigenvalue weighted by Gasteiger charge is 2.45. The molecule has 0 spiro atoms. The van der Waals surface area contributed by atoms with Crippen LogP contribution in [0.5, 0.6) is 0 Å². The molecule has 0 fully saturated rings. The number of rotatable bonds is 5. The van der Waals surface area contributed by atoms with Crippen molar-refractivity contribution in [3.63, 3.8) is 0 Å². The van der Waals surface area contributed by atoms with E-state index in [4.69, 9.17) is 0 Å². The lowest BCUT2D eigenvalue weighted by atomic mass is 9.97. The van der Waals surface area contributed by atoms with Gasteiger partial charge in [0.15, 0.2) is 0 Å². The molecule has 0 saturated carbocycles. The van der Waals surface area contributed by atoms with Crippen LogP contribution in [0.15, 0.2) is 121 Å². The van der Waals surface area contributed by atoms with Crippen LogP contribution in [0, 0.1) is 13.8 Å². The van der Waals surface area contributed by atoms with Crippen molar-refractivity contribution in [2.24, 2.45) is 0 Å². The molecule has 5 rings (SSSR count). The Bertz CT molecular complexity index is 1250. The fourth-order valence-electron chi connectivity index (χ4n) is 4.96. The molecule has 0 nitrogen and oxygen atoms in total. The van der Waals surface area contributed by atoms with Crippen LogP contribution in [0.25, 0.3) is 10.8 Å². The second-order valence-corrected chi connectivity index (χ2v) is 12.0. The number of hydrogen-bond acceptors (Lipinski definition) is 0. The van der Waals surface area contributed by atoms with Gasteiger partial charge in [0.2, 0.25) is 0 Å². The van der Waals surface area contributed by atoms with E-state index < -0.39 is 7.26 Å². The van der Waals surface area contributed by atoms with Crippen LogP contribution in [0.3, 0.4) is 0 Å². The van der Waals surface area contributed by atoms with Crippen molar-refractivity contribution < 1.29 is 17.0 Å². The van der Waals surface area contributed by atoms with Crippen molar-refractivity contribution >= 4 is 33.9 Å². The Labute approximate surface area is 208 Å². The molecule has 0 radical (unpaired) electrons. The zero-order valence-corrected chi connectivity index (χ0v) is 21.6. The van der Waals surface area contributed by atoms with Crippen molar-refractivity contribution in [2.75, 3.05) is 0 Å². The highest BCUT2D eigenvalue weighted by molar-refractivity contribution is 7.95. The first-order valence-electron chi connectivity index (χ1n) is 11.2. The van der Waals surface area contributed by atoms with Crippen molar-refractivity contribution in [2.45, 2.75) is 20.0 Å². The topological polar surface area (TPSA) is 0 Å². The predicted octanol–water partition coefficient (Wildman–Crippen LogP) is 3.95. The zero-order valence-electron chi connectivity index (χ0n) is 19.1. The Hall–Kier alpha value is -2.73. The van der Waals surface area contributed by atoms with E-state index in [9.17, 15) is 0 Å². The minimum Gasteiger partial charge on any atom is -1.00 e. The van der Waals surface area contributed by atoms with E-state index in [1.807, 2.05) is 0 Å². The van der Waals surface area contributed by atoms with Crippen molar-refractivity contribution in [1.82, 2.24) is 0 Å². The van der Waals surface area contributed by atoms with Crippen molar-refractivity contribution in [3.05, 3.63) is 138 Å². The van der Waals surface area contributed by atoms with Gasteiger partial charge in [-0.05, 0) is 77.7 Å². The molecule has 0 aliphatic carbocycles. The molecule has 5 aromatic carbocycles. The summed E-state index contributed by atoms with van der Waals surface area (Å²) in [7, 11) is -1.90. The van der Waals surface area contributed by atoms with E-state index in [1.165, 1.54) is 43.4 Å². The van der Waals surface area contributed by atoms with Gasteiger partial charge in [-0.3, -0.25) is 0 Å². The van der Waals surface area contributed by atoms with Crippen LogP contribution >= 0.6 is 7.26 Å². The van der Waals surface area contributed by atoms with Gasteiger partial charge in [-0.1, -0.05) is 84.9 Å². The zero-order chi connectivity index (χ0) is 22.0. The molecule has 0 aliphatic rings. The number of halogens is 1. The lowest BCUT2D eigenvalue weighted by Gasteiger charge is -2.29. The second kappa shape index (κ2) is 10.0. The largest absolute Gasteiger partial charge is 1.00 e. The first-order valence-corrected chi connectivity index (χ1v) is 13.2. The number of hydrogen-bond donors (Lipinski definition) is 0. The molecule has 33 heavy (non-hydrogen) atoms. The van der Waals surface area contributed by atoms with Gasteiger partial charge >= 0.3 is 0 Å². The Morgan fingerprint density at radius 2 is 0.909 bits per heavy atom. The molecular formula is C31H28BrP. The van der Waals surface area contributed by atoms with Gasteiger partial charge in [0.05, 0.1) is 6.16 Å². The quantitative estimate of drug-likeness (QED) is 0.314. The van der Waals surface area contributed by atoms with E-state index >= 15 is 0 Å². The lowest BCUT2D eigenvalue weighted by Crippen LogP contribution is -3.00. The summed E-state index contributed by atoms with van der Waals surface area (Å²) < 4.78 is 0. The molecular weight excluding hydrogens is 483 g/mol. The molecule has 5 aromatic rings. The molecule has 0 aliphatic heterocycles. The Morgan fingerprint density at radius 1 is 0.515 bits per heavy atom. The Morgan fingerprint density at radius 3 is 1.36 bits per heavy atom. The second-order valence-electron chi connectivity index (χ2n) is 8.50. The molecule has 0 N–H and O–H groups in total. The van der Waals surface area contributed by atoms with E-state index in [-0.39, 0.29) is 17.0 Å². The van der Waals surface area contributed by atoms with Crippen molar-refractivity contribution in [3.8, 4) is 0 Å². The monoisotopic (exact) mass is 510 g/mol. The van der Waals surface area contributed by atoms with E-state index in [2.05, 4.69) is 135 Å². The minimum atomic E-state index is -1.90. The van der Waals surface area contributed by atoms with Gasteiger partial charge in [-0.2, -0.15) is 0 Å². The third kappa shape index (κ3) is 4.29. The van der Waals surface area contributed by atoms with E-state index in [0.29, 0.717) is 0 Å². The first-order chi connectivity index (χ1) is 15.7. The standard InChI is InChI=1S/C31H28P.BrH/c1-24-22-26(25(2)31-21-13-12-20-30(24)31)23-32(27-14-6-3-7-15-27,28-16-8-4-9-17-28)29-18-10-5-11-19-29;/h3-22H,23H2,1-2H3;1H/q+1;/p-1. The molecule has 0 unspecified atom stereocenters. The molecule has 0 aromatic heterocycles. The molecule has 0 atom stereocenters. The summed E-state index contributed by atoms with van der Waals surface area (Å²) in [6.45, 7) is 4.55. The van der Waals surface area contributed by atoms with E-state index in [0.717, 1.165) is 6.16 Å². The maximum atomic E-state index is 2.43. The summed E-state index contributed by atoms with van der Waals surface area (Å²) in [6, 6.07) is 44.7. The maximum Gasteiger partial charge on any atom is 0.116 e. The van der Waals surface area contributed by atoms with Crippen LogP contribution in [-0.4, -0.2) is 0 Å². The summed E-state index contributed by atoms with van der Waals surface area (Å²) in [5, 5.41) is 7.03. The smallest absolute Gasteiger partial charge is 0.116 e. The highest BCUT2D eigenvalue weighted by Crippen LogP contribution is 2.58. The molecule has 0 saturated heterocycles. The summed E-state index contributed by atoms with van der Waals surface area (Å²) >= 11 is 0. The van der Waals surface area contributed by atoms with Gasteiger partial charge in [-0.25, -0.2) is 0 Å². The third-order valence-electron chi connectivity index (χ3n) is 6.63. The predicted molar refractivity (Wildman–Crippen MR) is 142 cm³/mol. The summed E-state index contributed by atoms with van der Waals surface area (Å²) in [6.07, 6.45) is 1.02. The maximum absolute atomic E-state index is 2.43. The van der Waals surface area contributed by atoms with Crippen LogP contribution in [0.4, 0.5) is 0 Å². The lowest BCUT2D eigenvalue weighted by molar-refractivity contribution is -0.00000628. The summed E-state index contributed by atoms with van der Waals surface area (Å²) in [5.41, 5.74) is 4.21. The van der Waals surface area contributed by atoms with Crippen LogP contribution in [-0.2, 0) is 6.16 Å². The van der Waals surface area contributed by atoms with Crippen LogP contribution in [0.1, 0.15) is 16.7 Å². The fourth-order valence-corrected chi connectivity index (χ4v) is 9.29. The highest BCUT2D eigenvalue weighted by atomic mass is 79.9. The van der Waals surface area contributed by atoms with Gasteiger partial charge in [0, 0.05) is 0 Å². The number of benzene rings is 5. The Kier molecular flexibility index (Phi) is 7.13. The van der Waals surface area contributed by atoms with Crippen LogP contribution < -0.4 is 32.9 Å². The van der Waals surface area contributed by atoms with Gasteiger partial charge in [-0.15, -0.1) is 0 Å². The molecule has 0 bridgehead atoms. The average Bonchev–Trinajstić information content (AvgIpc) is 2.87. The SMILES string of the molecule is Cc1cc(C[P+](c2ccccc2)(c2ccccc2)c2ccccc2)c(C)c2ccccc12.[Br-]. The molecule has 164 valence electrons. The summed E-state index contributed by atoms with van der Waals surface area (Å²) in [5.74, 6) is 0. The summed E-state index contributed by atoms with van der Waals surface area (Å²) in [4.78, 5) is 0. The first kappa shape index (κ1) is 23.4. The molecule has 0 amide bonds. The van der Waals surface area contributed by atoms with Crippen molar-refractivity contribution in [1.29, 1.82) is 0 Å². The average molecular weight is 511 g/mol. The molecule has 0 heterocycles. The fraction of sp³-hybridized carbons (Fsp3) is 0.0968.